The van der Waals surface area contributed by atoms with E-state index in [2.05, 4.69) is 12.3 Å². The number of rotatable bonds is 8. The van der Waals surface area contributed by atoms with Crippen LogP contribution in [0, 0.1) is 0 Å². The van der Waals surface area contributed by atoms with Crippen LogP contribution in [0.3, 0.4) is 0 Å². The van der Waals surface area contributed by atoms with Crippen molar-refractivity contribution in [2.24, 2.45) is 11.6 Å². The maximum atomic E-state index is 5.83. The van der Waals surface area contributed by atoms with E-state index in [0.717, 1.165) is 24.3 Å². The predicted molar refractivity (Wildman–Crippen MR) is 70.3 cm³/mol. The van der Waals surface area contributed by atoms with Crippen LogP contribution >= 0.6 is 0 Å². The summed E-state index contributed by atoms with van der Waals surface area (Å²) in [5.74, 6) is 6.15. The van der Waals surface area contributed by atoms with Gasteiger partial charge in [0.15, 0.2) is 0 Å². The van der Waals surface area contributed by atoms with E-state index in [0.29, 0.717) is 0 Å². The van der Waals surface area contributed by atoms with Gasteiger partial charge in [-0.05, 0) is 12.5 Å². The van der Waals surface area contributed by atoms with Gasteiger partial charge in [0, 0.05) is 5.56 Å². The minimum atomic E-state index is -0.387. The van der Waals surface area contributed by atoms with Crippen LogP contribution in [0.5, 0.6) is 5.75 Å². The van der Waals surface area contributed by atoms with Crippen LogP contribution in [0.15, 0.2) is 24.3 Å². The maximum absolute atomic E-state index is 5.83. The highest BCUT2D eigenvalue weighted by molar-refractivity contribution is 5.35. The lowest BCUT2D eigenvalue weighted by Gasteiger charge is -2.16. The molecule has 1 aromatic rings. The third kappa shape index (κ3) is 4.73. The van der Waals surface area contributed by atoms with Gasteiger partial charge in [0.05, 0.1) is 12.8 Å². The molecule has 0 radical (unpaired) electrons. The quantitative estimate of drug-likeness (QED) is 0.280. The van der Waals surface area contributed by atoms with Gasteiger partial charge in [-0.1, -0.05) is 44.4 Å². The molecule has 0 bridgehead atoms. The molecule has 0 heterocycles. The van der Waals surface area contributed by atoms with Gasteiger partial charge in [0.25, 0.3) is 0 Å². The number of nitrogens with one attached hydrogen (secondary N) is 1. The molecule has 0 fully saturated rings. The number of hydrogen-bond acceptors (Lipinski definition) is 4. The lowest BCUT2D eigenvalue weighted by atomic mass is 10.1. The van der Waals surface area contributed by atoms with Crippen molar-refractivity contribution in [3.8, 4) is 5.75 Å². The van der Waals surface area contributed by atoms with Gasteiger partial charge in [-0.3, -0.25) is 5.84 Å². The number of unbranched alkanes of at least 4 members (excludes halogenated alkanes) is 3. The highest BCUT2D eigenvalue weighted by Crippen LogP contribution is 2.22. The summed E-state index contributed by atoms with van der Waals surface area (Å²) in [4.78, 5) is 0. The Balaban J connectivity index is 2.46. The first-order chi connectivity index (χ1) is 8.29. The lowest BCUT2D eigenvalue weighted by molar-refractivity contribution is 0.299. The Morgan fingerprint density at radius 3 is 2.71 bits per heavy atom. The normalized spacial score (nSPS) is 12.4. The molecule has 0 aromatic heterocycles. The Bertz CT molecular complexity index is 317. The topological polar surface area (TPSA) is 73.3 Å². The smallest absolute Gasteiger partial charge is 0.125 e. The third-order valence-electron chi connectivity index (χ3n) is 2.69. The van der Waals surface area contributed by atoms with E-state index in [1.165, 1.54) is 19.3 Å². The van der Waals surface area contributed by atoms with Crippen LogP contribution < -0.4 is 21.7 Å². The molecular weight excluding hydrogens is 214 g/mol. The van der Waals surface area contributed by atoms with E-state index in [4.69, 9.17) is 16.3 Å². The van der Waals surface area contributed by atoms with Gasteiger partial charge in [0.1, 0.15) is 5.75 Å². The molecule has 96 valence electrons. The van der Waals surface area contributed by atoms with E-state index >= 15 is 0 Å². The zero-order valence-corrected chi connectivity index (χ0v) is 10.5. The van der Waals surface area contributed by atoms with Crippen LogP contribution in [-0.2, 0) is 0 Å². The molecule has 1 atom stereocenters. The Morgan fingerprint density at radius 2 is 2.00 bits per heavy atom. The number of hydrogen-bond donors (Lipinski definition) is 3. The van der Waals surface area contributed by atoms with E-state index < -0.39 is 0 Å². The van der Waals surface area contributed by atoms with E-state index in [1.54, 1.807) is 0 Å². The third-order valence-corrected chi connectivity index (χ3v) is 2.69. The average molecular weight is 237 g/mol. The average Bonchev–Trinajstić information content (AvgIpc) is 2.38. The van der Waals surface area contributed by atoms with Gasteiger partial charge in [-0.25, -0.2) is 5.43 Å². The summed E-state index contributed by atoms with van der Waals surface area (Å²) >= 11 is 0. The first kappa shape index (κ1) is 14.0. The van der Waals surface area contributed by atoms with Crippen LogP contribution in [0.25, 0.3) is 0 Å². The SMILES string of the molecule is CCCCCCOc1ccccc1C(N)NN. The van der Waals surface area contributed by atoms with Crippen molar-refractivity contribution in [2.75, 3.05) is 6.61 Å². The summed E-state index contributed by atoms with van der Waals surface area (Å²) in [6.07, 6.45) is 4.39. The van der Waals surface area contributed by atoms with Crippen molar-refractivity contribution >= 4 is 0 Å². The largest absolute Gasteiger partial charge is 0.493 e. The van der Waals surface area contributed by atoms with Crippen molar-refractivity contribution in [1.29, 1.82) is 0 Å². The molecule has 0 amide bonds. The van der Waals surface area contributed by atoms with Crippen molar-refractivity contribution in [2.45, 2.75) is 38.8 Å². The molecule has 1 rings (SSSR count). The molecule has 0 saturated carbocycles. The summed E-state index contributed by atoms with van der Waals surface area (Å²) in [5, 5.41) is 0. The van der Waals surface area contributed by atoms with E-state index in [1.807, 2.05) is 24.3 Å². The zero-order valence-electron chi connectivity index (χ0n) is 10.5. The fourth-order valence-corrected chi connectivity index (χ4v) is 1.67. The van der Waals surface area contributed by atoms with Gasteiger partial charge in [-0.2, -0.15) is 0 Å². The summed E-state index contributed by atoms with van der Waals surface area (Å²) in [5.41, 5.74) is 9.25. The van der Waals surface area contributed by atoms with E-state index in [9.17, 15) is 0 Å². The zero-order chi connectivity index (χ0) is 12.5. The molecule has 0 spiro atoms. The number of benzene rings is 1. The van der Waals surface area contributed by atoms with Crippen LogP contribution in [0.1, 0.15) is 44.3 Å². The van der Waals surface area contributed by atoms with Crippen molar-refractivity contribution in [3.63, 3.8) is 0 Å². The van der Waals surface area contributed by atoms with Crippen LogP contribution in [-0.4, -0.2) is 6.61 Å². The Kier molecular flexibility index (Phi) is 6.62. The fraction of sp³-hybridized carbons (Fsp3) is 0.538. The molecule has 0 aliphatic heterocycles. The second-order valence-electron chi connectivity index (χ2n) is 4.09. The summed E-state index contributed by atoms with van der Waals surface area (Å²) < 4.78 is 5.73. The molecule has 0 saturated heterocycles. The highest BCUT2D eigenvalue weighted by Gasteiger charge is 2.09. The second-order valence-corrected chi connectivity index (χ2v) is 4.09. The monoisotopic (exact) mass is 237 g/mol. The molecule has 4 heteroatoms. The van der Waals surface area contributed by atoms with Gasteiger partial charge in [0.2, 0.25) is 0 Å². The molecule has 5 N–H and O–H groups in total. The summed E-state index contributed by atoms with van der Waals surface area (Å²) in [6.45, 7) is 2.93. The van der Waals surface area contributed by atoms with Gasteiger partial charge >= 0.3 is 0 Å². The molecule has 0 aliphatic carbocycles. The Hall–Kier alpha value is -1.10. The lowest BCUT2D eigenvalue weighted by Crippen LogP contribution is -2.34. The number of ether oxygens (including phenoxy) is 1. The molecule has 17 heavy (non-hydrogen) atoms. The Morgan fingerprint density at radius 1 is 1.24 bits per heavy atom. The molecule has 1 unspecified atom stereocenters. The highest BCUT2D eigenvalue weighted by atomic mass is 16.5. The minimum absolute atomic E-state index is 0.387. The Labute approximate surface area is 103 Å². The number of hydrazine groups is 1. The van der Waals surface area contributed by atoms with Crippen molar-refractivity contribution < 1.29 is 4.74 Å². The first-order valence-corrected chi connectivity index (χ1v) is 6.23. The number of nitrogens with two attached hydrogens (primary N) is 2. The standard InChI is InChI=1S/C13H23N3O/c1-2-3-4-7-10-17-12-9-6-5-8-11(12)13(14)16-15/h5-6,8-9,13,16H,2-4,7,10,14-15H2,1H3. The number of para-hydroxylation sites is 1. The first-order valence-electron chi connectivity index (χ1n) is 6.23. The van der Waals surface area contributed by atoms with Gasteiger partial charge < -0.3 is 10.5 Å². The molecule has 1 aromatic carbocycles. The van der Waals surface area contributed by atoms with Crippen LogP contribution in [0.4, 0.5) is 0 Å². The van der Waals surface area contributed by atoms with E-state index in [-0.39, 0.29) is 6.17 Å². The van der Waals surface area contributed by atoms with Crippen molar-refractivity contribution in [1.82, 2.24) is 5.43 Å². The molecule has 0 aliphatic rings. The van der Waals surface area contributed by atoms with Crippen molar-refractivity contribution in [3.05, 3.63) is 29.8 Å². The predicted octanol–water partition coefficient (Wildman–Crippen LogP) is 2.07. The van der Waals surface area contributed by atoms with Gasteiger partial charge in [-0.15, -0.1) is 0 Å². The summed E-state index contributed by atoms with van der Waals surface area (Å²) in [6, 6.07) is 7.71. The molecular formula is C13H23N3O. The summed E-state index contributed by atoms with van der Waals surface area (Å²) in [7, 11) is 0. The van der Waals surface area contributed by atoms with Crippen LogP contribution in [0.2, 0.25) is 0 Å². The maximum Gasteiger partial charge on any atom is 0.125 e. The second kappa shape index (κ2) is 8.06. The fourth-order valence-electron chi connectivity index (χ4n) is 1.67. The minimum Gasteiger partial charge on any atom is -0.493 e. The molecule has 4 nitrogen and oxygen atoms in total.